The fourth-order valence-corrected chi connectivity index (χ4v) is 2.17. The van der Waals surface area contributed by atoms with Gasteiger partial charge in [0, 0.05) is 30.4 Å². The van der Waals surface area contributed by atoms with Crippen LogP contribution in [-0.4, -0.2) is 32.0 Å². The summed E-state index contributed by atoms with van der Waals surface area (Å²) in [6, 6.07) is 13.5. The smallest absolute Gasteiger partial charge is 0.338 e. The lowest BCUT2D eigenvalue weighted by Crippen LogP contribution is -2.24. The van der Waals surface area contributed by atoms with Gasteiger partial charge in [0.05, 0.1) is 5.56 Å². The first kappa shape index (κ1) is 17.0. The topological polar surface area (TPSA) is 46.6 Å². The van der Waals surface area contributed by atoms with Gasteiger partial charge in [-0.3, -0.25) is 4.79 Å². The standard InChI is InChI=1S/C18H18ClNO3/c1-12(17(21)13-7-9-15(19)10-8-13)23-18(22)14-5-4-6-16(11-14)20(2)3/h4-12H,1-3H3. The van der Waals surface area contributed by atoms with Crippen LogP contribution in [0.25, 0.3) is 0 Å². The molecule has 0 aliphatic rings. The molecule has 5 heteroatoms. The SMILES string of the molecule is CC(OC(=O)c1cccc(N(C)C)c1)C(=O)c1ccc(Cl)cc1. The van der Waals surface area contributed by atoms with Crippen LogP contribution in [0.4, 0.5) is 5.69 Å². The first-order valence-electron chi connectivity index (χ1n) is 7.16. The van der Waals surface area contributed by atoms with E-state index in [1.807, 2.05) is 25.1 Å². The van der Waals surface area contributed by atoms with Gasteiger partial charge in [-0.1, -0.05) is 17.7 Å². The third kappa shape index (κ3) is 4.33. The number of ketones is 1. The van der Waals surface area contributed by atoms with Gasteiger partial charge in [0.25, 0.3) is 0 Å². The van der Waals surface area contributed by atoms with E-state index in [-0.39, 0.29) is 5.78 Å². The third-order valence-electron chi connectivity index (χ3n) is 3.38. The minimum atomic E-state index is -0.869. The molecular weight excluding hydrogens is 314 g/mol. The Labute approximate surface area is 140 Å². The summed E-state index contributed by atoms with van der Waals surface area (Å²) in [4.78, 5) is 26.4. The van der Waals surface area contributed by atoms with Crippen molar-refractivity contribution in [3.05, 3.63) is 64.7 Å². The van der Waals surface area contributed by atoms with Crippen molar-refractivity contribution in [1.82, 2.24) is 0 Å². The lowest BCUT2D eigenvalue weighted by molar-refractivity contribution is 0.0319. The maximum atomic E-state index is 12.3. The predicted octanol–water partition coefficient (Wildman–Crippen LogP) is 3.83. The number of anilines is 1. The lowest BCUT2D eigenvalue weighted by atomic mass is 10.1. The molecule has 4 nitrogen and oxygen atoms in total. The molecule has 0 saturated heterocycles. The predicted molar refractivity (Wildman–Crippen MR) is 91.4 cm³/mol. The summed E-state index contributed by atoms with van der Waals surface area (Å²) < 4.78 is 5.28. The molecule has 23 heavy (non-hydrogen) atoms. The highest BCUT2D eigenvalue weighted by Gasteiger charge is 2.20. The van der Waals surface area contributed by atoms with Gasteiger partial charge in [0.1, 0.15) is 0 Å². The molecule has 0 heterocycles. The highest BCUT2D eigenvalue weighted by molar-refractivity contribution is 6.30. The Balaban J connectivity index is 2.08. The Morgan fingerprint density at radius 1 is 1.04 bits per heavy atom. The molecule has 2 aromatic carbocycles. The molecule has 0 N–H and O–H groups in total. The van der Waals surface area contributed by atoms with Crippen LogP contribution in [0.15, 0.2) is 48.5 Å². The van der Waals surface area contributed by atoms with Crippen LogP contribution in [0.5, 0.6) is 0 Å². The number of nitrogens with zero attached hydrogens (tertiary/aromatic N) is 1. The van der Waals surface area contributed by atoms with Crippen LogP contribution < -0.4 is 4.90 Å². The van der Waals surface area contributed by atoms with Crippen molar-refractivity contribution in [3.8, 4) is 0 Å². The molecule has 2 aromatic rings. The number of halogens is 1. The zero-order chi connectivity index (χ0) is 17.0. The van der Waals surface area contributed by atoms with Crippen molar-refractivity contribution in [2.75, 3.05) is 19.0 Å². The first-order chi connectivity index (χ1) is 10.9. The zero-order valence-corrected chi connectivity index (χ0v) is 14.0. The molecule has 0 bridgehead atoms. The van der Waals surface area contributed by atoms with Gasteiger partial charge < -0.3 is 9.64 Å². The second kappa shape index (κ2) is 7.29. The highest BCUT2D eigenvalue weighted by Crippen LogP contribution is 2.16. The van der Waals surface area contributed by atoms with E-state index in [4.69, 9.17) is 16.3 Å². The number of hydrogen-bond acceptors (Lipinski definition) is 4. The largest absolute Gasteiger partial charge is 0.451 e. The van der Waals surface area contributed by atoms with Crippen molar-refractivity contribution in [3.63, 3.8) is 0 Å². The summed E-state index contributed by atoms with van der Waals surface area (Å²) in [7, 11) is 3.77. The van der Waals surface area contributed by atoms with E-state index in [0.29, 0.717) is 16.1 Å². The number of ether oxygens (including phenoxy) is 1. The van der Waals surface area contributed by atoms with Gasteiger partial charge in [0.15, 0.2) is 6.10 Å². The summed E-state index contributed by atoms with van der Waals surface area (Å²) in [6.45, 7) is 1.56. The Kier molecular flexibility index (Phi) is 5.40. The Morgan fingerprint density at radius 2 is 1.70 bits per heavy atom. The van der Waals surface area contributed by atoms with Gasteiger partial charge in [-0.15, -0.1) is 0 Å². The molecule has 0 amide bonds. The van der Waals surface area contributed by atoms with Crippen LogP contribution >= 0.6 is 11.6 Å². The van der Waals surface area contributed by atoms with Gasteiger partial charge in [-0.25, -0.2) is 4.79 Å². The van der Waals surface area contributed by atoms with Crippen molar-refractivity contribution in [2.45, 2.75) is 13.0 Å². The summed E-state index contributed by atoms with van der Waals surface area (Å²) in [5, 5.41) is 0.548. The van der Waals surface area contributed by atoms with Gasteiger partial charge in [0.2, 0.25) is 5.78 Å². The number of hydrogen-bond donors (Lipinski definition) is 0. The number of carbonyl (C=O) groups is 2. The zero-order valence-electron chi connectivity index (χ0n) is 13.2. The van der Waals surface area contributed by atoms with Crippen LogP contribution in [0.2, 0.25) is 5.02 Å². The Bertz CT molecular complexity index is 710. The fourth-order valence-electron chi connectivity index (χ4n) is 2.04. The monoisotopic (exact) mass is 331 g/mol. The van der Waals surface area contributed by atoms with Gasteiger partial charge in [-0.05, 0) is 49.4 Å². The van der Waals surface area contributed by atoms with Crippen LogP contribution in [-0.2, 0) is 4.74 Å². The quantitative estimate of drug-likeness (QED) is 0.617. The van der Waals surface area contributed by atoms with Gasteiger partial charge in [-0.2, -0.15) is 0 Å². The second-order valence-corrected chi connectivity index (χ2v) is 5.80. The average molecular weight is 332 g/mol. The molecule has 0 aliphatic carbocycles. The van der Waals surface area contributed by atoms with E-state index in [2.05, 4.69) is 0 Å². The van der Waals surface area contributed by atoms with E-state index in [0.717, 1.165) is 5.69 Å². The third-order valence-corrected chi connectivity index (χ3v) is 3.63. The summed E-state index contributed by atoms with van der Waals surface area (Å²) in [5.74, 6) is -0.790. The molecular formula is C18H18ClNO3. The molecule has 1 atom stereocenters. The van der Waals surface area contributed by atoms with Crippen molar-refractivity contribution in [2.24, 2.45) is 0 Å². The molecule has 1 unspecified atom stereocenters. The molecule has 120 valence electrons. The van der Waals surface area contributed by atoms with Gasteiger partial charge >= 0.3 is 5.97 Å². The van der Waals surface area contributed by atoms with E-state index < -0.39 is 12.1 Å². The van der Waals surface area contributed by atoms with Crippen LogP contribution in [0, 0.1) is 0 Å². The minimum Gasteiger partial charge on any atom is -0.451 e. The van der Waals surface area contributed by atoms with Crippen LogP contribution in [0.3, 0.4) is 0 Å². The molecule has 0 fully saturated rings. The summed E-state index contributed by atoms with van der Waals surface area (Å²) >= 11 is 5.80. The normalized spacial score (nSPS) is 11.7. The lowest BCUT2D eigenvalue weighted by Gasteiger charge is -2.15. The molecule has 0 aromatic heterocycles. The molecule has 0 saturated carbocycles. The number of carbonyl (C=O) groups excluding carboxylic acids is 2. The number of benzene rings is 2. The average Bonchev–Trinajstić information content (AvgIpc) is 2.54. The van der Waals surface area contributed by atoms with Crippen molar-refractivity contribution in [1.29, 1.82) is 0 Å². The minimum absolute atomic E-state index is 0.265. The maximum Gasteiger partial charge on any atom is 0.338 e. The Morgan fingerprint density at radius 3 is 2.30 bits per heavy atom. The number of esters is 1. The summed E-state index contributed by atoms with van der Waals surface area (Å²) in [5.41, 5.74) is 1.75. The maximum absolute atomic E-state index is 12.3. The van der Waals surface area contributed by atoms with Crippen molar-refractivity contribution >= 4 is 29.0 Å². The molecule has 0 radical (unpaired) electrons. The van der Waals surface area contributed by atoms with E-state index >= 15 is 0 Å². The highest BCUT2D eigenvalue weighted by atomic mass is 35.5. The van der Waals surface area contributed by atoms with E-state index in [9.17, 15) is 9.59 Å². The summed E-state index contributed by atoms with van der Waals surface area (Å²) in [6.07, 6.45) is -0.869. The van der Waals surface area contributed by atoms with E-state index in [1.165, 1.54) is 0 Å². The fraction of sp³-hybridized carbons (Fsp3) is 0.222. The first-order valence-corrected chi connectivity index (χ1v) is 7.54. The Hall–Kier alpha value is -2.33. The van der Waals surface area contributed by atoms with Crippen LogP contribution in [0.1, 0.15) is 27.6 Å². The van der Waals surface area contributed by atoms with Crippen molar-refractivity contribution < 1.29 is 14.3 Å². The van der Waals surface area contributed by atoms with E-state index in [1.54, 1.807) is 49.4 Å². The number of Topliss-reactive ketones (excluding diaryl/α,β-unsaturated/α-hetero) is 1. The molecule has 0 spiro atoms. The number of rotatable bonds is 5. The molecule has 2 rings (SSSR count). The second-order valence-electron chi connectivity index (χ2n) is 5.36. The molecule has 0 aliphatic heterocycles.